The Bertz CT molecular complexity index is 991. The Morgan fingerprint density at radius 1 is 1.30 bits per heavy atom. The molecule has 0 aromatic rings. The van der Waals surface area contributed by atoms with Gasteiger partial charge in [-0.15, -0.1) is 0 Å². The Kier molecular flexibility index (Phi) is 7.19. The lowest BCUT2D eigenvalue weighted by atomic mass is 9.46. The number of hydrogen-bond acceptors (Lipinski definition) is 6. The van der Waals surface area contributed by atoms with Gasteiger partial charge in [-0.25, -0.2) is 4.79 Å². The molecule has 206 valence electrons. The molecular weight excluding hydrogens is 472 g/mol. The second kappa shape index (κ2) is 9.98. The number of carboxylic acid groups (broad SMARTS) is 1. The van der Waals surface area contributed by atoms with Gasteiger partial charge in [-0.2, -0.15) is 0 Å². The number of carbonyl (C=O) groups is 1. The molecule has 1 heterocycles. The lowest BCUT2D eigenvalue weighted by Gasteiger charge is -2.61. The van der Waals surface area contributed by atoms with Crippen LogP contribution in [-0.2, 0) is 9.53 Å². The molecule has 9 nitrogen and oxygen atoms in total. The molecule has 3 fully saturated rings. The summed E-state index contributed by atoms with van der Waals surface area (Å²) < 4.78 is 6.21. The monoisotopic (exact) mass is 516 g/mol. The third kappa shape index (κ3) is 3.96. The molecule has 4 aliphatic carbocycles. The maximum atomic E-state index is 12.9. The third-order valence-corrected chi connectivity index (χ3v) is 10.5. The highest BCUT2D eigenvalue weighted by Crippen LogP contribution is 2.77. The van der Waals surface area contributed by atoms with Crippen LogP contribution in [0.5, 0.6) is 0 Å². The van der Waals surface area contributed by atoms with E-state index in [0.29, 0.717) is 38.4 Å². The van der Waals surface area contributed by atoms with E-state index in [9.17, 15) is 20.1 Å². The molecular formula is C28H44N4O5. The highest BCUT2D eigenvalue weighted by atomic mass is 16.5. The van der Waals surface area contributed by atoms with Gasteiger partial charge < -0.3 is 36.0 Å². The number of guanidine groups is 1. The van der Waals surface area contributed by atoms with Gasteiger partial charge in [-0.3, -0.25) is 4.99 Å². The van der Waals surface area contributed by atoms with Crippen molar-refractivity contribution in [1.29, 1.82) is 0 Å². The Morgan fingerprint density at radius 2 is 2.05 bits per heavy atom. The fourth-order valence-corrected chi connectivity index (χ4v) is 9.04. The van der Waals surface area contributed by atoms with Gasteiger partial charge in [0.1, 0.15) is 5.60 Å². The number of carboxylic acids is 1. The van der Waals surface area contributed by atoms with Crippen LogP contribution in [-0.4, -0.2) is 83.7 Å². The van der Waals surface area contributed by atoms with Crippen LogP contribution >= 0.6 is 0 Å². The second-order valence-electron chi connectivity index (χ2n) is 12.1. The summed E-state index contributed by atoms with van der Waals surface area (Å²) in [6.07, 6.45) is 11.5. The van der Waals surface area contributed by atoms with Crippen molar-refractivity contribution in [3.63, 3.8) is 0 Å². The van der Waals surface area contributed by atoms with Crippen LogP contribution in [0.1, 0.15) is 58.3 Å². The predicted molar refractivity (Wildman–Crippen MR) is 141 cm³/mol. The molecule has 0 aromatic heterocycles. The predicted octanol–water partition coefficient (Wildman–Crippen LogP) is 1.86. The van der Waals surface area contributed by atoms with Crippen molar-refractivity contribution in [2.45, 2.75) is 70.0 Å². The summed E-state index contributed by atoms with van der Waals surface area (Å²) in [5.74, 6) is -0.0188. The minimum atomic E-state index is -1.52. The van der Waals surface area contributed by atoms with E-state index in [2.05, 4.69) is 23.3 Å². The van der Waals surface area contributed by atoms with E-state index >= 15 is 0 Å². The molecule has 2 spiro atoms. The van der Waals surface area contributed by atoms with Crippen molar-refractivity contribution in [3.8, 4) is 0 Å². The molecule has 0 amide bonds. The average Bonchev–Trinajstić information content (AvgIpc) is 3.52. The number of nitrogens with two attached hydrogens (primary N) is 1. The quantitative estimate of drug-likeness (QED) is 0.187. The number of rotatable bonds is 8. The number of aliphatic carboxylic acids is 1. The van der Waals surface area contributed by atoms with Crippen LogP contribution in [0.25, 0.3) is 0 Å². The number of ether oxygens (including phenoxy) is 1. The highest BCUT2D eigenvalue weighted by molar-refractivity contribution is 5.92. The van der Waals surface area contributed by atoms with Crippen LogP contribution in [0.15, 0.2) is 28.4 Å². The number of allylic oxidation sites excluding steroid dienone is 1. The van der Waals surface area contributed by atoms with Crippen molar-refractivity contribution in [1.82, 2.24) is 10.2 Å². The number of aliphatic hydroxyl groups excluding tert-OH is 1. The zero-order valence-electron chi connectivity index (χ0n) is 22.3. The van der Waals surface area contributed by atoms with Gasteiger partial charge >= 0.3 is 5.97 Å². The molecule has 0 radical (unpaired) electrons. The summed E-state index contributed by atoms with van der Waals surface area (Å²) in [5.41, 5.74) is 5.11. The first-order valence-electron chi connectivity index (χ1n) is 14.0. The van der Waals surface area contributed by atoms with Gasteiger partial charge in [0.25, 0.3) is 0 Å². The van der Waals surface area contributed by atoms with Crippen molar-refractivity contribution >= 4 is 11.9 Å². The fraction of sp³-hybridized carbons (Fsp3) is 0.786. The molecule has 6 N–H and O–H groups in total. The number of nitrogens with zero attached hydrogens (tertiary/aromatic N) is 2. The maximum absolute atomic E-state index is 12.9. The standard InChI is InChI=1S/C28H44N4O5/c1-18-7-8-19-13-22-23(24(34)35)26(36,17-37-21-5-3-4-6-21)15-27(18,22)28(19)16-32(25(29)30-2)11-9-20(28)14-31-10-12-33/h9,11,18-21,31,33,36H,3-8,10,12-17H2,1-2H3,(H2,29,30)(H,34,35)/t18-,19-,20-,26+,27+,28-/m1/s1. The molecule has 0 unspecified atom stereocenters. The van der Waals surface area contributed by atoms with Crippen LogP contribution in [0, 0.1) is 28.6 Å². The third-order valence-electron chi connectivity index (χ3n) is 10.5. The zero-order valence-corrected chi connectivity index (χ0v) is 22.3. The van der Waals surface area contributed by atoms with E-state index in [4.69, 9.17) is 10.5 Å². The summed E-state index contributed by atoms with van der Waals surface area (Å²) in [6.45, 7) is 4.13. The molecule has 1 aliphatic heterocycles. The topological polar surface area (TPSA) is 141 Å². The zero-order chi connectivity index (χ0) is 26.4. The molecule has 0 saturated heterocycles. The van der Waals surface area contributed by atoms with Crippen molar-refractivity contribution in [2.24, 2.45) is 39.3 Å². The van der Waals surface area contributed by atoms with Gasteiger partial charge in [0.2, 0.25) is 0 Å². The molecule has 37 heavy (non-hydrogen) atoms. The minimum absolute atomic E-state index is 0.0313. The SMILES string of the molecule is CN=C(N)N1C=C[C@H](CNCCO)[C@@]2(C1)[C@@H]1CC[C@@H](C)[C@]23C[C@](O)(COC2CCCC2)C(C(=O)O)=C3C1. The van der Waals surface area contributed by atoms with Gasteiger partial charge in [0.15, 0.2) is 5.96 Å². The fourth-order valence-electron chi connectivity index (χ4n) is 9.04. The molecule has 3 saturated carbocycles. The van der Waals surface area contributed by atoms with E-state index in [1.807, 2.05) is 11.1 Å². The maximum Gasteiger partial charge on any atom is 0.334 e. The lowest BCUT2D eigenvalue weighted by molar-refractivity contribution is -0.141. The molecule has 2 bridgehead atoms. The Labute approximate surface area is 219 Å². The molecule has 5 rings (SSSR count). The average molecular weight is 517 g/mol. The van der Waals surface area contributed by atoms with E-state index in [0.717, 1.165) is 44.1 Å². The summed E-state index contributed by atoms with van der Waals surface area (Å²) in [5, 5.41) is 35.5. The number of aliphatic hydroxyl groups is 2. The smallest absolute Gasteiger partial charge is 0.334 e. The first-order chi connectivity index (χ1) is 17.7. The van der Waals surface area contributed by atoms with Crippen LogP contribution in [0.3, 0.4) is 0 Å². The number of aliphatic imine (C=N–C) groups is 1. The first kappa shape index (κ1) is 26.7. The Hall–Kier alpha value is -1.94. The van der Waals surface area contributed by atoms with Gasteiger partial charge in [0, 0.05) is 43.7 Å². The lowest BCUT2D eigenvalue weighted by Crippen LogP contribution is -2.62. The molecule has 5 aliphatic rings. The largest absolute Gasteiger partial charge is 0.478 e. The molecule has 9 heteroatoms. The second-order valence-corrected chi connectivity index (χ2v) is 12.1. The summed E-state index contributed by atoms with van der Waals surface area (Å²) in [4.78, 5) is 19.1. The van der Waals surface area contributed by atoms with Crippen LogP contribution < -0.4 is 11.1 Å². The van der Waals surface area contributed by atoms with Gasteiger partial charge in [-0.1, -0.05) is 25.8 Å². The number of hydrogen-bond donors (Lipinski definition) is 5. The van der Waals surface area contributed by atoms with E-state index in [1.54, 1.807) is 7.05 Å². The summed E-state index contributed by atoms with van der Waals surface area (Å²) in [7, 11) is 1.68. The van der Waals surface area contributed by atoms with E-state index < -0.39 is 17.0 Å². The van der Waals surface area contributed by atoms with Crippen molar-refractivity contribution in [3.05, 3.63) is 23.4 Å². The highest BCUT2D eigenvalue weighted by Gasteiger charge is 2.75. The Balaban J connectivity index is 1.61. The van der Waals surface area contributed by atoms with Crippen LogP contribution in [0.2, 0.25) is 0 Å². The van der Waals surface area contributed by atoms with Gasteiger partial charge in [0.05, 0.1) is 24.9 Å². The van der Waals surface area contributed by atoms with E-state index in [-0.39, 0.29) is 48.1 Å². The van der Waals surface area contributed by atoms with Crippen molar-refractivity contribution < 1.29 is 24.9 Å². The van der Waals surface area contributed by atoms with Crippen molar-refractivity contribution in [2.75, 3.05) is 39.9 Å². The molecule has 6 atom stereocenters. The Morgan fingerprint density at radius 3 is 2.73 bits per heavy atom. The van der Waals surface area contributed by atoms with E-state index in [1.165, 1.54) is 0 Å². The summed E-state index contributed by atoms with van der Waals surface area (Å²) in [6, 6.07) is 0. The van der Waals surface area contributed by atoms with Gasteiger partial charge in [-0.05, 0) is 61.9 Å². The molecule has 0 aromatic carbocycles. The van der Waals surface area contributed by atoms with Crippen LogP contribution in [0.4, 0.5) is 0 Å². The normalized spacial score (nSPS) is 39.7. The minimum Gasteiger partial charge on any atom is -0.478 e. The first-order valence-corrected chi connectivity index (χ1v) is 14.0. The summed E-state index contributed by atoms with van der Waals surface area (Å²) >= 11 is 0. The number of nitrogens with one attached hydrogen (secondary N) is 1.